The van der Waals surface area contributed by atoms with Crippen LogP contribution in [0.3, 0.4) is 0 Å². The van der Waals surface area contributed by atoms with Crippen LogP contribution in [0.5, 0.6) is 0 Å². The number of carbonyl (C=O) groups excluding carboxylic acids is 2. The number of hydrogen-bond donors (Lipinski definition) is 4. The zero-order valence-electron chi connectivity index (χ0n) is 15.0. The van der Waals surface area contributed by atoms with Crippen molar-refractivity contribution in [2.24, 2.45) is 5.92 Å². The van der Waals surface area contributed by atoms with Gasteiger partial charge < -0.3 is 10.6 Å². The van der Waals surface area contributed by atoms with E-state index in [0.717, 1.165) is 11.1 Å². The molecule has 2 aromatic carbocycles. The van der Waals surface area contributed by atoms with Gasteiger partial charge in [0.25, 0.3) is 0 Å². The summed E-state index contributed by atoms with van der Waals surface area (Å²) in [7, 11) is 0. The molecule has 2 amide bonds. The van der Waals surface area contributed by atoms with Crippen LogP contribution in [0.25, 0.3) is 0 Å². The molecular weight excluding hydrogens is 364 g/mol. The zero-order chi connectivity index (χ0) is 19.2. The summed E-state index contributed by atoms with van der Waals surface area (Å²) >= 11 is 5.94. The van der Waals surface area contributed by atoms with E-state index < -0.39 is 6.04 Å². The summed E-state index contributed by atoms with van der Waals surface area (Å²) in [6, 6.07) is 16.2. The fourth-order valence-electron chi connectivity index (χ4n) is 3.05. The lowest BCUT2D eigenvalue weighted by Gasteiger charge is -2.21. The molecule has 3 rings (SSSR count). The third-order valence-electron chi connectivity index (χ3n) is 4.61. The van der Waals surface area contributed by atoms with Gasteiger partial charge in [0.2, 0.25) is 11.8 Å². The topological polar surface area (TPSA) is 82.3 Å². The summed E-state index contributed by atoms with van der Waals surface area (Å²) in [4.78, 5) is 25.0. The van der Waals surface area contributed by atoms with E-state index in [0.29, 0.717) is 18.1 Å². The molecular formula is C20H23ClN4O2. The summed E-state index contributed by atoms with van der Waals surface area (Å²) in [6.45, 7) is 2.60. The second kappa shape index (κ2) is 8.99. The molecule has 3 atom stereocenters. The Labute approximate surface area is 163 Å². The highest BCUT2D eigenvalue weighted by Gasteiger charge is 2.35. The molecule has 7 heteroatoms. The Hall–Kier alpha value is -2.41. The van der Waals surface area contributed by atoms with E-state index in [9.17, 15) is 9.59 Å². The van der Waals surface area contributed by atoms with E-state index in [2.05, 4.69) is 21.5 Å². The SMILES string of the molecule is CC(NC(=O)C1CNNC1c1ccc(Cl)cc1)C(=O)NCc1ccccc1. The van der Waals surface area contributed by atoms with E-state index in [1.54, 1.807) is 19.1 Å². The quantitative estimate of drug-likeness (QED) is 0.611. The Morgan fingerprint density at radius 3 is 2.56 bits per heavy atom. The molecule has 27 heavy (non-hydrogen) atoms. The van der Waals surface area contributed by atoms with Crippen LogP contribution in [0.15, 0.2) is 54.6 Å². The molecule has 0 spiro atoms. The first-order chi connectivity index (χ1) is 13.0. The Morgan fingerprint density at radius 1 is 1.15 bits per heavy atom. The number of nitrogens with one attached hydrogen (secondary N) is 4. The summed E-state index contributed by atoms with van der Waals surface area (Å²) in [6.07, 6.45) is 0. The molecule has 0 aliphatic carbocycles. The number of hydrazine groups is 1. The van der Waals surface area contributed by atoms with E-state index >= 15 is 0 Å². The summed E-state index contributed by atoms with van der Waals surface area (Å²) in [5.41, 5.74) is 8.11. The fourth-order valence-corrected chi connectivity index (χ4v) is 3.18. The molecule has 142 valence electrons. The zero-order valence-corrected chi connectivity index (χ0v) is 15.8. The average molecular weight is 387 g/mol. The normalized spacial score (nSPS) is 20.1. The highest BCUT2D eigenvalue weighted by Crippen LogP contribution is 2.26. The van der Waals surface area contributed by atoms with E-state index in [1.807, 2.05) is 42.5 Å². The van der Waals surface area contributed by atoms with Crippen molar-refractivity contribution in [2.75, 3.05) is 6.54 Å². The van der Waals surface area contributed by atoms with Crippen molar-refractivity contribution in [3.8, 4) is 0 Å². The molecule has 6 nitrogen and oxygen atoms in total. The molecule has 0 aromatic heterocycles. The van der Waals surface area contributed by atoms with Crippen LogP contribution in [-0.4, -0.2) is 24.4 Å². The molecule has 1 heterocycles. The highest BCUT2D eigenvalue weighted by atomic mass is 35.5. The molecule has 0 bridgehead atoms. The van der Waals surface area contributed by atoms with Crippen LogP contribution in [0.4, 0.5) is 0 Å². The average Bonchev–Trinajstić information content (AvgIpc) is 3.17. The minimum absolute atomic E-state index is 0.171. The maximum atomic E-state index is 12.7. The van der Waals surface area contributed by atoms with Crippen molar-refractivity contribution in [3.05, 3.63) is 70.7 Å². The van der Waals surface area contributed by atoms with Gasteiger partial charge in [0, 0.05) is 18.1 Å². The molecule has 1 aliphatic heterocycles. The minimum Gasteiger partial charge on any atom is -0.350 e. The van der Waals surface area contributed by atoms with Crippen molar-refractivity contribution in [2.45, 2.75) is 25.6 Å². The second-order valence-corrected chi connectivity index (χ2v) is 7.03. The van der Waals surface area contributed by atoms with Gasteiger partial charge in [-0.15, -0.1) is 0 Å². The van der Waals surface area contributed by atoms with E-state index in [-0.39, 0.29) is 23.8 Å². The van der Waals surface area contributed by atoms with Gasteiger partial charge in [-0.2, -0.15) is 0 Å². The van der Waals surface area contributed by atoms with Crippen LogP contribution in [-0.2, 0) is 16.1 Å². The van der Waals surface area contributed by atoms with Crippen LogP contribution in [0.2, 0.25) is 5.02 Å². The Morgan fingerprint density at radius 2 is 1.85 bits per heavy atom. The van der Waals surface area contributed by atoms with Gasteiger partial charge in [-0.25, -0.2) is 5.43 Å². The van der Waals surface area contributed by atoms with Gasteiger partial charge in [0.1, 0.15) is 6.04 Å². The number of carbonyl (C=O) groups is 2. The van der Waals surface area contributed by atoms with Gasteiger partial charge in [-0.05, 0) is 30.2 Å². The number of hydrogen-bond acceptors (Lipinski definition) is 4. The number of amides is 2. The third kappa shape index (κ3) is 5.07. The van der Waals surface area contributed by atoms with Crippen LogP contribution < -0.4 is 21.5 Å². The monoisotopic (exact) mass is 386 g/mol. The predicted octanol–water partition coefficient (Wildman–Crippen LogP) is 1.93. The molecule has 3 unspecified atom stereocenters. The predicted molar refractivity (Wildman–Crippen MR) is 105 cm³/mol. The molecule has 4 N–H and O–H groups in total. The van der Waals surface area contributed by atoms with Gasteiger partial charge in [0.05, 0.1) is 12.0 Å². The van der Waals surface area contributed by atoms with Crippen molar-refractivity contribution >= 4 is 23.4 Å². The molecule has 1 saturated heterocycles. The standard InChI is InChI=1S/C20H23ClN4O2/c1-13(19(26)22-11-14-5-3-2-4-6-14)24-20(27)17-12-23-25-18(17)15-7-9-16(21)10-8-15/h2-10,13,17-18,23,25H,11-12H2,1H3,(H,22,26)(H,24,27). The first kappa shape index (κ1) is 19.4. The number of benzene rings is 2. The number of halogens is 1. The Balaban J connectivity index is 1.55. The molecule has 0 saturated carbocycles. The van der Waals surface area contributed by atoms with Gasteiger partial charge in [-0.1, -0.05) is 54.1 Å². The molecule has 2 aromatic rings. The second-order valence-electron chi connectivity index (χ2n) is 6.59. The molecule has 1 fully saturated rings. The fraction of sp³-hybridized carbons (Fsp3) is 0.300. The van der Waals surface area contributed by atoms with Gasteiger partial charge >= 0.3 is 0 Å². The number of rotatable bonds is 6. The van der Waals surface area contributed by atoms with Crippen LogP contribution in [0.1, 0.15) is 24.1 Å². The first-order valence-corrected chi connectivity index (χ1v) is 9.28. The summed E-state index contributed by atoms with van der Waals surface area (Å²) in [5.74, 6) is -0.709. The van der Waals surface area contributed by atoms with Gasteiger partial charge in [-0.3, -0.25) is 15.0 Å². The smallest absolute Gasteiger partial charge is 0.242 e. The Bertz CT molecular complexity index is 782. The van der Waals surface area contributed by atoms with Crippen molar-refractivity contribution in [1.82, 2.24) is 21.5 Å². The lowest BCUT2D eigenvalue weighted by atomic mass is 9.94. The Kier molecular flexibility index (Phi) is 6.45. The van der Waals surface area contributed by atoms with Gasteiger partial charge in [0.15, 0.2) is 0 Å². The largest absolute Gasteiger partial charge is 0.350 e. The van der Waals surface area contributed by atoms with Crippen LogP contribution >= 0.6 is 11.6 Å². The molecule has 0 radical (unpaired) electrons. The molecule has 1 aliphatic rings. The summed E-state index contributed by atoms with van der Waals surface area (Å²) in [5, 5.41) is 6.30. The van der Waals surface area contributed by atoms with Crippen molar-refractivity contribution in [1.29, 1.82) is 0 Å². The summed E-state index contributed by atoms with van der Waals surface area (Å²) < 4.78 is 0. The lowest BCUT2D eigenvalue weighted by molar-refractivity contribution is -0.130. The maximum Gasteiger partial charge on any atom is 0.242 e. The van der Waals surface area contributed by atoms with E-state index in [4.69, 9.17) is 11.6 Å². The minimum atomic E-state index is -0.618. The van der Waals surface area contributed by atoms with Crippen molar-refractivity contribution in [3.63, 3.8) is 0 Å². The highest BCUT2D eigenvalue weighted by molar-refractivity contribution is 6.30. The first-order valence-electron chi connectivity index (χ1n) is 8.90. The van der Waals surface area contributed by atoms with Crippen LogP contribution in [0, 0.1) is 5.92 Å². The lowest BCUT2D eigenvalue weighted by Crippen LogP contribution is -2.47. The van der Waals surface area contributed by atoms with E-state index in [1.165, 1.54) is 0 Å². The maximum absolute atomic E-state index is 12.7. The van der Waals surface area contributed by atoms with Crippen molar-refractivity contribution < 1.29 is 9.59 Å². The third-order valence-corrected chi connectivity index (χ3v) is 4.86.